The SMILES string of the molecule is CSCC[C@@H](NC(=O)COc1cccc(F)c1)c1nc2ccccc2[nH]1. The maximum atomic E-state index is 13.2. The number of nitrogens with one attached hydrogen (secondary N) is 2. The van der Waals surface area contributed by atoms with Crippen LogP contribution < -0.4 is 10.1 Å². The molecule has 3 aromatic rings. The molecule has 1 amide bonds. The molecule has 136 valence electrons. The van der Waals surface area contributed by atoms with E-state index in [1.807, 2.05) is 30.5 Å². The molecule has 0 radical (unpaired) electrons. The number of halogens is 1. The Morgan fingerprint density at radius 2 is 2.15 bits per heavy atom. The van der Waals surface area contributed by atoms with Gasteiger partial charge in [0.1, 0.15) is 17.4 Å². The first kappa shape index (κ1) is 18.3. The van der Waals surface area contributed by atoms with Crippen LogP contribution in [0.25, 0.3) is 11.0 Å². The van der Waals surface area contributed by atoms with Crippen molar-refractivity contribution in [2.75, 3.05) is 18.6 Å². The summed E-state index contributed by atoms with van der Waals surface area (Å²) in [5.74, 6) is 1.25. The third-order valence-corrected chi connectivity index (χ3v) is 4.49. The summed E-state index contributed by atoms with van der Waals surface area (Å²) in [5.41, 5.74) is 1.80. The number of para-hydroxylation sites is 2. The third-order valence-electron chi connectivity index (χ3n) is 3.85. The quantitative estimate of drug-likeness (QED) is 0.632. The fourth-order valence-electron chi connectivity index (χ4n) is 2.59. The van der Waals surface area contributed by atoms with Gasteiger partial charge in [0, 0.05) is 6.07 Å². The first-order chi connectivity index (χ1) is 12.7. The highest BCUT2D eigenvalue weighted by molar-refractivity contribution is 7.98. The number of thioether (sulfide) groups is 1. The summed E-state index contributed by atoms with van der Waals surface area (Å²) in [4.78, 5) is 20.1. The Hall–Kier alpha value is -2.54. The zero-order chi connectivity index (χ0) is 18.4. The van der Waals surface area contributed by atoms with Crippen LogP contribution in [0, 0.1) is 5.82 Å². The van der Waals surface area contributed by atoms with Crippen molar-refractivity contribution < 1.29 is 13.9 Å². The molecular weight excluding hydrogens is 353 g/mol. The van der Waals surface area contributed by atoms with E-state index < -0.39 is 5.82 Å². The van der Waals surface area contributed by atoms with Crippen molar-refractivity contribution in [3.8, 4) is 5.75 Å². The van der Waals surface area contributed by atoms with E-state index in [1.165, 1.54) is 18.2 Å². The average molecular weight is 373 g/mol. The normalized spacial score (nSPS) is 12.1. The zero-order valence-electron chi connectivity index (χ0n) is 14.4. The van der Waals surface area contributed by atoms with Crippen LogP contribution in [0.5, 0.6) is 5.75 Å². The van der Waals surface area contributed by atoms with E-state index in [0.29, 0.717) is 5.75 Å². The number of amides is 1. The number of carbonyl (C=O) groups excluding carboxylic acids is 1. The Balaban J connectivity index is 1.66. The highest BCUT2D eigenvalue weighted by atomic mass is 32.2. The molecule has 0 saturated heterocycles. The minimum absolute atomic E-state index is 0.181. The number of carbonyl (C=O) groups is 1. The molecule has 1 heterocycles. The molecule has 0 aliphatic rings. The molecule has 0 aliphatic carbocycles. The van der Waals surface area contributed by atoms with Crippen LogP contribution in [0.4, 0.5) is 4.39 Å². The number of aromatic amines is 1. The van der Waals surface area contributed by atoms with Crippen LogP contribution in [0.1, 0.15) is 18.3 Å². The van der Waals surface area contributed by atoms with E-state index in [2.05, 4.69) is 15.3 Å². The Labute approximate surface area is 155 Å². The minimum Gasteiger partial charge on any atom is -0.484 e. The van der Waals surface area contributed by atoms with E-state index in [0.717, 1.165) is 29.0 Å². The van der Waals surface area contributed by atoms with Crippen molar-refractivity contribution in [1.29, 1.82) is 0 Å². The summed E-state index contributed by atoms with van der Waals surface area (Å²) in [6, 6.07) is 13.2. The zero-order valence-corrected chi connectivity index (χ0v) is 15.2. The molecule has 7 heteroatoms. The lowest BCUT2D eigenvalue weighted by Crippen LogP contribution is -2.33. The predicted molar refractivity (Wildman–Crippen MR) is 102 cm³/mol. The minimum atomic E-state index is -0.400. The molecular formula is C19H20FN3O2S. The van der Waals surface area contributed by atoms with E-state index in [1.54, 1.807) is 17.8 Å². The summed E-state index contributed by atoms with van der Waals surface area (Å²) >= 11 is 1.70. The van der Waals surface area contributed by atoms with Gasteiger partial charge < -0.3 is 15.0 Å². The van der Waals surface area contributed by atoms with Crippen LogP contribution >= 0.6 is 11.8 Å². The summed E-state index contributed by atoms with van der Waals surface area (Å²) in [6.45, 7) is -0.181. The maximum Gasteiger partial charge on any atom is 0.258 e. The van der Waals surface area contributed by atoms with Crippen LogP contribution in [-0.2, 0) is 4.79 Å². The van der Waals surface area contributed by atoms with E-state index in [4.69, 9.17) is 4.74 Å². The smallest absolute Gasteiger partial charge is 0.258 e. The van der Waals surface area contributed by atoms with Crippen LogP contribution in [0.2, 0.25) is 0 Å². The van der Waals surface area contributed by atoms with E-state index >= 15 is 0 Å². The molecule has 2 N–H and O–H groups in total. The maximum absolute atomic E-state index is 13.2. The van der Waals surface area contributed by atoms with Gasteiger partial charge in [0.15, 0.2) is 6.61 Å². The highest BCUT2D eigenvalue weighted by Gasteiger charge is 2.18. The molecule has 0 fully saturated rings. The molecule has 5 nitrogen and oxygen atoms in total. The molecule has 0 spiro atoms. The summed E-state index contributed by atoms with van der Waals surface area (Å²) in [7, 11) is 0. The van der Waals surface area contributed by atoms with Gasteiger partial charge in [0.2, 0.25) is 0 Å². The molecule has 1 atom stereocenters. The Kier molecular flexibility index (Phi) is 6.12. The number of hydrogen-bond donors (Lipinski definition) is 2. The molecule has 0 unspecified atom stereocenters. The van der Waals surface area contributed by atoms with Gasteiger partial charge in [-0.15, -0.1) is 0 Å². The fourth-order valence-corrected chi connectivity index (χ4v) is 3.06. The van der Waals surface area contributed by atoms with Gasteiger partial charge in [-0.05, 0) is 42.7 Å². The Morgan fingerprint density at radius 3 is 2.92 bits per heavy atom. The standard InChI is InChI=1S/C19H20FN3O2S/c1-26-10-9-17(19-22-15-7-2-3-8-16(15)23-19)21-18(24)12-25-14-6-4-5-13(20)11-14/h2-8,11,17H,9-10,12H2,1H3,(H,21,24)(H,22,23)/t17-/m1/s1. The molecule has 1 aromatic heterocycles. The second kappa shape index (κ2) is 8.71. The van der Waals surface area contributed by atoms with Crippen LogP contribution in [0.15, 0.2) is 48.5 Å². The molecule has 26 heavy (non-hydrogen) atoms. The predicted octanol–water partition coefficient (Wildman–Crippen LogP) is 3.69. The van der Waals surface area contributed by atoms with Gasteiger partial charge in [0.05, 0.1) is 17.1 Å². The largest absolute Gasteiger partial charge is 0.484 e. The summed E-state index contributed by atoms with van der Waals surface area (Å²) in [5, 5.41) is 2.95. The van der Waals surface area contributed by atoms with Crippen molar-refractivity contribution in [2.24, 2.45) is 0 Å². The Morgan fingerprint density at radius 1 is 1.31 bits per heavy atom. The summed E-state index contributed by atoms with van der Waals surface area (Å²) < 4.78 is 18.5. The van der Waals surface area contributed by atoms with Crippen molar-refractivity contribution >= 4 is 28.7 Å². The monoisotopic (exact) mass is 373 g/mol. The van der Waals surface area contributed by atoms with Gasteiger partial charge in [-0.2, -0.15) is 11.8 Å². The highest BCUT2D eigenvalue weighted by Crippen LogP contribution is 2.20. The van der Waals surface area contributed by atoms with Gasteiger partial charge in [-0.25, -0.2) is 9.37 Å². The van der Waals surface area contributed by atoms with Gasteiger partial charge in [0.25, 0.3) is 5.91 Å². The molecule has 0 saturated carbocycles. The number of nitrogens with zero attached hydrogens (tertiary/aromatic N) is 1. The van der Waals surface area contributed by atoms with Crippen molar-refractivity contribution in [3.05, 3.63) is 60.2 Å². The number of aromatic nitrogens is 2. The number of hydrogen-bond acceptors (Lipinski definition) is 4. The average Bonchev–Trinajstić information content (AvgIpc) is 3.07. The number of H-pyrrole nitrogens is 1. The second-order valence-electron chi connectivity index (χ2n) is 5.79. The van der Waals surface area contributed by atoms with Crippen molar-refractivity contribution in [2.45, 2.75) is 12.5 Å². The Bertz CT molecular complexity index is 851. The lowest BCUT2D eigenvalue weighted by atomic mass is 10.2. The van der Waals surface area contributed by atoms with Gasteiger partial charge in [-0.3, -0.25) is 4.79 Å². The molecule has 0 bridgehead atoms. The molecule has 3 rings (SSSR count). The number of ether oxygens (including phenoxy) is 1. The van der Waals surface area contributed by atoms with Crippen molar-refractivity contribution in [1.82, 2.24) is 15.3 Å². The van der Waals surface area contributed by atoms with E-state index in [9.17, 15) is 9.18 Å². The fraction of sp³-hybridized carbons (Fsp3) is 0.263. The topological polar surface area (TPSA) is 67.0 Å². The van der Waals surface area contributed by atoms with Gasteiger partial charge >= 0.3 is 0 Å². The number of fused-ring (bicyclic) bond motifs is 1. The first-order valence-corrected chi connectivity index (χ1v) is 9.66. The van der Waals surface area contributed by atoms with Crippen molar-refractivity contribution in [3.63, 3.8) is 0 Å². The lowest BCUT2D eigenvalue weighted by Gasteiger charge is -2.16. The first-order valence-electron chi connectivity index (χ1n) is 8.27. The van der Waals surface area contributed by atoms with E-state index in [-0.39, 0.29) is 18.6 Å². The second-order valence-corrected chi connectivity index (χ2v) is 6.77. The van der Waals surface area contributed by atoms with Crippen LogP contribution in [0.3, 0.4) is 0 Å². The lowest BCUT2D eigenvalue weighted by molar-refractivity contribution is -0.123. The van der Waals surface area contributed by atoms with Crippen LogP contribution in [-0.4, -0.2) is 34.5 Å². The molecule has 2 aromatic carbocycles. The molecule has 0 aliphatic heterocycles. The third kappa shape index (κ3) is 4.76. The number of imidazole rings is 1. The number of benzene rings is 2. The number of rotatable bonds is 8. The van der Waals surface area contributed by atoms with Gasteiger partial charge in [-0.1, -0.05) is 18.2 Å². The summed E-state index contributed by atoms with van der Waals surface area (Å²) in [6.07, 6.45) is 2.76.